The molecule has 0 radical (unpaired) electrons. The zero-order valence-corrected chi connectivity index (χ0v) is 16.0. The Morgan fingerprint density at radius 3 is 2.48 bits per heavy atom. The molecule has 3 rings (SSSR count). The van der Waals surface area contributed by atoms with E-state index in [4.69, 9.17) is 0 Å². The average molecular weight is 410 g/mol. The summed E-state index contributed by atoms with van der Waals surface area (Å²) in [6.45, 7) is -0.499. The Kier molecular flexibility index (Phi) is 6.20. The summed E-state index contributed by atoms with van der Waals surface area (Å²) >= 11 is 0. The van der Waals surface area contributed by atoms with E-state index in [1.54, 1.807) is 48.5 Å². The minimum Gasteiger partial charge on any atom is -0.507 e. The molecule has 1 amide bonds. The number of pyridine rings is 1. The minimum atomic E-state index is -3.99. The van der Waals surface area contributed by atoms with Gasteiger partial charge in [-0.15, -0.1) is 0 Å². The van der Waals surface area contributed by atoms with E-state index in [-0.39, 0.29) is 16.3 Å². The first-order chi connectivity index (χ1) is 14.0. The molecule has 0 aliphatic carbocycles. The molecule has 0 spiro atoms. The largest absolute Gasteiger partial charge is 0.507 e. The van der Waals surface area contributed by atoms with Crippen molar-refractivity contribution < 1.29 is 18.3 Å². The van der Waals surface area contributed by atoms with Gasteiger partial charge in [0.15, 0.2) is 0 Å². The average Bonchev–Trinajstić information content (AvgIpc) is 2.74. The zero-order valence-electron chi connectivity index (χ0n) is 15.2. The Bertz CT molecular complexity index is 1100. The topological polar surface area (TPSA) is 112 Å². The van der Waals surface area contributed by atoms with Gasteiger partial charge in [-0.05, 0) is 36.4 Å². The number of phenols is 1. The highest BCUT2D eigenvalue weighted by molar-refractivity contribution is 7.92. The van der Waals surface area contributed by atoms with Crippen molar-refractivity contribution in [1.29, 1.82) is 0 Å². The highest BCUT2D eigenvalue weighted by Gasteiger charge is 2.27. The molecular formula is C20H18N4O4S. The number of carbonyl (C=O) groups is 1. The predicted octanol–water partition coefficient (Wildman–Crippen LogP) is 2.13. The fourth-order valence-electron chi connectivity index (χ4n) is 2.47. The van der Waals surface area contributed by atoms with E-state index in [2.05, 4.69) is 15.5 Å². The number of sulfonamides is 1. The number of phenolic OH excluding ortho intramolecular Hbond substituents is 1. The van der Waals surface area contributed by atoms with E-state index in [1.165, 1.54) is 36.8 Å². The Labute approximate surface area is 168 Å². The number of hydrogen-bond acceptors (Lipinski definition) is 6. The molecule has 0 aliphatic heterocycles. The van der Waals surface area contributed by atoms with Crippen LogP contribution in [0.3, 0.4) is 0 Å². The first kappa shape index (κ1) is 20.0. The second-order valence-electron chi connectivity index (χ2n) is 5.89. The predicted molar refractivity (Wildman–Crippen MR) is 109 cm³/mol. The number of amides is 1. The van der Waals surface area contributed by atoms with Gasteiger partial charge in [-0.3, -0.25) is 14.1 Å². The van der Waals surface area contributed by atoms with Crippen LogP contribution in [0.5, 0.6) is 5.75 Å². The first-order valence-electron chi connectivity index (χ1n) is 8.56. The number of nitrogens with zero attached hydrogens (tertiary/aromatic N) is 3. The second kappa shape index (κ2) is 8.98. The molecule has 3 aromatic rings. The van der Waals surface area contributed by atoms with Gasteiger partial charge in [0.2, 0.25) is 0 Å². The standard InChI is InChI=1S/C20H18N4O4S/c25-19-11-5-4-7-16(19)13-22-23-20(26)15-24(17-8-6-12-21-14-17)29(27,28)18-9-2-1-3-10-18/h1-14,25H,15H2,(H,23,26)/b22-13-. The van der Waals surface area contributed by atoms with Crippen LogP contribution in [0.2, 0.25) is 0 Å². The summed E-state index contributed by atoms with van der Waals surface area (Å²) in [4.78, 5) is 16.4. The van der Waals surface area contributed by atoms with Gasteiger partial charge in [0.1, 0.15) is 12.3 Å². The summed E-state index contributed by atoms with van der Waals surface area (Å²) in [6, 6.07) is 17.4. The van der Waals surface area contributed by atoms with Gasteiger partial charge in [0.25, 0.3) is 15.9 Å². The number of hydrogen-bond donors (Lipinski definition) is 2. The Balaban J connectivity index is 1.81. The zero-order chi connectivity index (χ0) is 20.7. The molecule has 0 bridgehead atoms. The molecule has 1 heterocycles. The quantitative estimate of drug-likeness (QED) is 0.458. The monoisotopic (exact) mass is 410 g/mol. The molecule has 0 aliphatic rings. The van der Waals surface area contributed by atoms with Gasteiger partial charge < -0.3 is 5.11 Å². The van der Waals surface area contributed by atoms with Crippen molar-refractivity contribution in [2.75, 3.05) is 10.8 Å². The first-order valence-corrected chi connectivity index (χ1v) is 10.0. The Hall–Kier alpha value is -3.72. The third-order valence-electron chi connectivity index (χ3n) is 3.88. The molecule has 0 saturated heterocycles. The maximum Gasteiger partial charge on any atom is 0.264 e. The number of anilines is 1. The second-order valence-corrected chi connectivity index (χ2v) is 7.75. The lowest BCUT2D eigenvalue weighted by Crippen LogP contribution is -2.39. The number of rotatable bonds is 7. The van der Waals surface area contributed by atoms with Crippen LogP contribution in [0, 0.1) is 0 Å². The van der Waals surface area contributed by atoms with Crippen molar-refractivity contribution in [2.24, 2.45) is 5.10 Å². The lowest BCUT2D eigenvalue weighted by molar-refractivity contribution is -0.119. The summed E-state index contributed by atoms with van der Waals surface area (Å²) in [6.07, 6.45) is 4.14. The summed E-state index contributed by atoms with van der Waals surface area (Å²) in [7, 11) is -3.99. The molecule has 0 atom stereocenters. The van der Waals surface area contributed by atoms with E-state index < -0.39 is 22.5 Å². The van der Waals surface area contributed by atoms with Crippen LogP contribution >= 0.6 is 0 Å². The molecular weight excluding hydrogens is 392 g/mol. The molecule has 0 unspecified atom stereocenters. The number of benzene rings is 2. The van der Waals surface area contributed by atoms with E-state index in [0.29, 0.717) is 5.56 Å². The lowest BCUT2D eigenvalue weighted by Gasteiger charge is -2.23. The molecule has 8 nitrogen and oxygen atoms in total. The third-order valence-corrected chi connectivity index (χ3v) is 5.67. The summed E-state index contributed by atoms with van der Waals surface area (Å²) in [5.41, 5.74) is 2.93. The maximum atomic E-state index is 13.1. The molecule has 9 heteroatoms. The lowest BCUT2D eigenvalue weighted by atomic mass is 10.2. The van der Waals surface area contributed by atoms with Crippen molar-refractivity contribution in [3.05, 3.63) is 84.7 Å². The fraction of sp³-hybridized carbons (Fsp3) is 0.0500. The summed E-state index contributed by atoms with van der Waals surface area (Å²) in [5, 5.41) is 13.5. The van der Waals surface area contributed by atoms with Crippen molar-refractivity contribution in [1.82, 2.24) is 10.4 Å². The molecule has 2 N–H and O–H groups in total. The van der Waals surface area contributed by atoms with Crippen LogP contribution in [0.25, 0.3) is 0 Å². The number of para-hydroxylation sites is 1. The smallest absolute Gasteiger partial charge is 0.264 e. The van der Waals surface area contributed by atoms with Crippen molar-refractivity contribution in [2.45, 2.75) is 4.90 Å². The molecule has 0 saturated carbocycles. The molecule has 1 aromatic heterocycles. The molecule has 2 aromatic carbocycles. The van der Waals surface area contributed by atoms with E-state index in [1.807, 2.05) is 0 Å². The highest BCUT2D eigenvalue weighted by Crippen LogP contribution is 2.22. The van der Waals surface area contributed by atoms with Crippen LogP contribution in [0.4, 0.5) is 5.69 Å². The van der Waals surface area contributed by atoms with E-state index >= 15 is 0 Å². The summed E-state index contributed by atoms with van der Waals surface area (Å²) < 4.78 is 27.1. The molecule has 0 fully saturated rings. The SMILES string of the molecule is O=C(CN(c1cccnc1)S(=O)(=O)c1ccccc1)N/N=C\c1ccccc1O. The van der Waals surface area contributed by atoms with E-state index in [9.17, 15) is 18.3 Å². The number of hydrazone groups is 1. The number of aromatic hydroxyl groups is 1. The number of nitrogens with one attached hydrogen (secondary N) is 1. The van der Waals surface area contributed by atoms with Gasteiger partial charge in [-0.25, -0.2) is 13.8 Å². The molecule has 29 heavy (non-hydrogen) atoms. The van der Waals surface area contributed by atoms with Gasteiger partial charge in [0.05, 0.1) is 23.0 Å². The van der Waals surface area contributed by atoms with Gasteiger partial charge in [-0.2, -0.15) is 5.10 Å². The Morgan fingerprint density at radius 1 is 1.07 bits per heavy atom. The van der Waals surface area contributed by atoms with Crippen molar-refractivity contribution >= 4 is 27.8 Å². The normalized spacial score (nSPS) is 11.3. The molecule has 148 valence electrons. The summed E-state index contributed by atoms with van der Waals surface area (Å²) in [5.74, 6) is -0.644. The number of aromatic nitrogens is 1. The van der Waals surface area contributed by atoms with Crippen LogP contribution in [-0.4, -0.2) is 37.2 Å². The van der Waals surface area contributed by atoms with Gasteiger partial charge in [-0.1, -0.05) is 30.3 Å². The van der Waals surface area contributed by atoms with Crippen LogP contribution in [0.1, 0.15) is 5.56 Å². The van der Waals surface area contributed by atoms with Crippen LogP contribution in [-0.2, 0) is 14.8 Å². The highest BCUT2D eigenvalue weighted by atomic mass is 32.2. The third kappa shape index (κ3) is 4.96. The van der Waals surface area contributed by atoms with Gasteiger partial charge >= 0.3 is 0 Å². The van der Waals surface area contributed by atoms with E-state index in [0.717, 1.165) is 4.31 Å². The fourth-order valence-corrected chi connectivity index (χ4v) is 3.90. The minimum absolute atomic E-state index is 0.00846. The van der Waals surface area contributed by atoms with Crippen molar-refractivity contribution in [3.8, 4) is 5.75 Å². The number of carbonyl (C=O) groups excluding carboxylic acids is 1. The Morgan fingerprint density at radius 2 is 1.79 bits per heavy atom. The van der Waals surface area contributed by atoms with Gasteiger partial charge in [0, 0.05) is 11.8 Å². The van der Waals surface area contributed by atoms with Crippen molar-refractivity contribution in [3.63, 3.8) is 0 Å². The van der Waals surface area contributed by atoms with Crippen LogP contribution in [0.15, 0.2) is 89.1 Å². The maximum absolute atomic E-state index is 13.1. The van der Waals surface area contributed by atoms with Crippen LogP contribution < -0.4 is 9.73 Å².